The molecule has 5 rings (SSSR count). The van der Waals surface area contributed by atoms with Crippen LogP contribution >= 0.6 is 0 Å². The molecule has 14 heteroatoms. The number of rotatable bonds is 9. The van der Waals surface area contributed by atoms with Gasteiger partial charge in [-0.05, 0) is 50.5 Å². The third kappa shape index (κ3) is 6.41. The molecule has 0 radical (unpaired) electrons. The number of sulfone groups is 1. The van der Waals surface area contributed by atoms with Crippen LogP contribution in [0.5, 0.6) is 0 Å². The van der Waals surface area contributed by atoms with Crippen molar-refractivity contribution in [1.29, 1.82) is 0 Å². The monoisotopic (exact) mass is 599 g/mol. The standard InChI is InChI=1S/C28H37N7O6S/c1-20-19-41-14-10-35(20)25-16-24(28(8-12-40-13-9-28)42(38,39)15-3-11-36)32-26(33-25)21-4-6-22(7-5-21)30-27(37)31-23-17-29-34(2)18-23/h4-7,16-18,20,36H,3,8-15,19H2,1-2H3,(H2,30,31,37)/t20-/m0/s1. The van der Waals surface area contributed by atoms with E-state index in [9.17, 15) is 18.3 Å². The quantitative estimate of drug-likeness (QED) is 0.333. The summed E-state index contributed by atoms with van der Waals surface area (Å²) < 4.78 is 39.2. The summed E-state index contributed by atoms with van der Waals surface area (Å²) in [7, 11) is -1.94. The lowest BCUT2D eigenvalue weighted by atomic mass is 9.94. The second-order valence-electron chi connectivity index (χ2n) is 10.6. The molecule has 3 N–H and O–H groups in total. The molecule has 0 unspecified atom stereocenters. The first-order chi connectivity index (χ1) is 20.2. The SMILES string of the molecule is C[C@H]1COCCN1c1cc(C2(S(=O)(=O)CCCO)CCOCC2)nc(-c2ccc(NC(=O)Nc3cnn(C)c3)cc2)n1. The van der Waals surface area contributed by atoms with E-state index >= 15 is 0 Å². The number of aliphatic hydroxyl groups is 1. The van der Waals surface area contributed by atoms with Gasteiger partial charge in [-0.2, -0.15) is 5.10 Å². The van der Waals surface area contributed by atoms with Crippen molar-refractivity contribution in [2.24, 2.45) is 7.05 Å². The highest BCUT2D eigenvalue weighted by atomic mass is 32.2. The molecule has 0 saturated carbocycles. The van der Waals surface area contributed by atoms with Crippen molar-refractivity contribution < 1.29 is 27.8 Å². The number of aryl methyl sites for hydroxylation is 1. The average Bonchev–Trinajstić information content (AvgIpc) is 3.40. The maximum absolute atomic E-state index is 13.8. The number of carbonyl (C=O) groups is 1. The molecule has 13 nitrogen and oxygen atoms in total. The van der Waals surface area contributed by atoms with E-state index in [-0.39, 0.29) is 37.7 Å². The Morgan fingerprint density at radius 3 is 2.50 bits per heavy atom. The molecule has 1 atom stereocenters. The van der Waals surface area contributed by atoms with Gasteiger partial charge in [0.2, 0.25) is 0 Å². The van der Waals surface area contributed by atoms with Gasteiger partial charge in [-0.15, -0.1) is 0 Å². The van der Waals surface area contributed by atoms with Crippen molar-refractivity contribution in [3.05, 3.63) is 48.4 Å². The number of anilines is 3. The zero-order valence-electron chi connectivity index (χ0n) is 23.8. The molecular formula is C28H37N7O6S. The Bertz CT molecular complexity index is 1490. The first-order valence-corrected chi connectivity index (χ1v) is 15.7. The van der Waals surface area contributed by atoms with E-state index in [1.165, 1.54) is 0 Å². The van der Waals surface area contributed by atoms with Crippen LogP contribution in [0.1, 0.15) is 31.9 Å². The van der Waals surface area contributed by atoms with E-state index < -0.39 is 20.6 Å². The molecule has 2 aliphatic rings. The lowest BCUT2D eigenvalue weighted by Gasteiger charge is -2.38. The van der Waals surface area contributed by atoms with Crippen LogP contribution in [0.25, 0.3) is 11.4 Å². The second-order valence-corrected chi connectivity index (χ2v) is 13.0. The van der Waals surface area contributed by atoms with Gasteiger partial charge >= 0.3 is 6.03 Å². The Morgan fingerprint density at radius 1 is 1.10 bits per heavy atom. The maximum Gasteiger partial charge on any atom is 0.323 e. The molecule has 2 fully saturated rings. The van der Waals surface area contributed by atoms with Crippen LogP contribution in [0.15, 0.2) is 42.7 Å². The number of aromatic nitrogens is 4. The molecule has 0 aliphatic carbocycles. The number of nitrogens with one attached hydrogen (secondary N) is 2. The summed E-state index contributed by atoms with van der Waals surface area (Å²) >= 11 is 0. The molecule has 2 amide bonds. The molecule has 0 bridgehead atoms. The van der Waals surface area contributed by atoms with Gasteiger partial charge < -0.3 is 30.1 Å². The van der Waals surface area contributed by atoms with E-state index in [1.807, 2.05) is 6.92 Å². The first kappa shape index (κ1) is 29.9. The predicted molar refractivity (Wildman–Crippen MR) is 158 cm³/mol. The minimum absolute atomic E-state index is 0.0379. The Hall–Kier alpha value is -3.59. The Morgan fingerprint density at radius 2 is 1.83 bits per heavy atom. The van der Waals surface area contributed by atoms with Gasteiger partial charge in [-0.3, -0.25) is 4.68 Å². The smallest absolute Gasteiger partial charge is 0.323 e. The molecule has 2 saturated heterocycles. The number of urea groups is 1. The fourth-order valence-corrected chi connectivity index (χ4v) is 7.48. The highest BCUT2D eigenvalue weighted by molar-refractivity contribution is 7.92. The van der Waals surface area contributed by atoms with Crippen molar-refractivity contribution in [2.75, 3.05) is 60.9 Å². The first-order valence-electron chi connectivity index (χ1n) is 14.0. The van der Waals surface area contributed by atoms with Crippen LogP contribution in [0.4, 0.5) is 22.0 Å². The van der Waals surface area contributed by atoms with Crippen LogP contribution in [0.2, 0.25) is 0 Å². The van der Waals surface area contributed by atoms with Crippen molar-refractivity contribution in [3.63, 3.8) is 0 Å². The second kappa shape index (κ2) is 12.7. The topological polar surface area (TPSA) is 161 Å². The van der Waals surface area contributed by atoms with Crippen molar-refractivity contribution >= 4 is 33.1 Å². The van der Waals surface area contributed by atoms with Gasteiger partial charge in [0, 0.05) is 56.9 Å². The number of nitrogens with zero attached hydrogens (tertiary/aromatic N) is 5. The van der Waals surface area contributed by atoms with E-state index in [1.54, 1.807) is 54.5 Å². The van der Waals surface area contributed by atoms with Crippen LogP contribution in [0, 0.1) is 0 Å². The van der Waals surface area contributed by atoms with Gasteiger partial charge in [0.15, 0.2) is 15.7 Å². The minimum Gasteiger partial charge on any atom is -0.396 e. The lowest BCUT2D eigenvalue weighted by Crippen LogP contribution is -2.46. The number of aliphatic hydroxyl groups excluding tert-OH is 1. The van der Waals surface area contributed by atoms with Crippen LogP contribution in [-0.2, 0) is 31.1 Å². The lowest BCUT2D eigenvalue weighted by molar-refractivity contribution is 0.0729. The van der Waals surface area contributed by atoms with Gasteiger partial charge in [0.25, 0.3) is 0 Å². The summed E-state index contributed by atoms with van der Waals surface area (Å²) in [6, 6.07) is 8.50. The van der Waals surface area contributed by atoms with Crippen molar-refractivity contribution in [1.82, 2.24) is 19.7 Å². The number of amides is 2. The zero-order chi connectivity index (χ0) is 29.7. The number of benzene rings is 1. The molecule has 226 valence electrons. The summed E-state index contributed by atoms with van der Waals surface area (Å²) in [4.78, 5) is 24.3. The molecule has 3 aromatic rings. The Labute approximate surface area is 245 Å². The van der Waals surface area contributed by atoms with Crippen molar-refractivity contribution in [3.8, 4) is 11.4 Å². The maximum atomic E-state index is 13.8. The Balaban J connectivity index is 1.50. The predicted octanol–water partition coefficient (Wildman–Crippen LogP) is 2.55. The molecule has 1 aromatic carbocycles. The van der Waals surface area contributed by atoms with E-state index in [0.717, 1.165) is 0 Å². The fourth-order valence-electron chi connectivity index (χ4n) is 5.37. The number of morpholine rings is 1. The summed E-state index contributed by atoms with van der Waals surface area (Å²) in [6.07, 6.45) is 3.93. The van der Waals surface area contributed by atoms with E-state index in [4.69, 9.17) is 19.4 Å². The van der Waals surface area contributed by atoms with Crippen LogP contribution < -0.4 is 15.5 Å². The van der Waals surface area contributed by atoms with Gasteiger partial charge in [0.05, 0.1) is 42.6 Å². The average molecular weight is 600 g/mol. The van der Waals surface area contributed by atoms with E-state index in [2.05, 4.69) is 20.6 Å². The van der Waals surface area contributed by atoms with Gasteiger partial charge in [-0.25, -0.2) is 23.2 Å². The molecular weight excluding hydrogens is 562 g/mol. The third-order valence-electron chi connectivity index (χ3n) is 7.67. The normalized spacial score (nSPS) is 18.9. The van der Waals surface area contributed by atoms with E-state index in [0.29, 0.717) is 67.2 Å². The number of hydrogen-bond donors (Lipinski definition) is 3. The number of ether oxygens (including phenoxy) is 2. The largest absolute Gasteiger partial charge is 0.396 e. The molecule has 2 aliphatic heterocycles. The minimum atomic E-state index is -3.70. The van der Waals surface area contributed by atoms with Crippen LogP contribution in [-0.4, -0.2) is 90.7 Å². The molecule has 4 heterocycles. The molecule has 0 spiro atoms. The Kier molecular flexibility index (Phi) is 9.06. The highest BCUT2D eigenvalue weighted by Gasteiger charge is 2.48. The van der Waals surface area contributed by atoms with Gasteiger partial charge in [0.1, 0.15) is 10.6 Å². The van der Waals surface area contributed by atoms with Crippen LogP contribution in [0.3, 0.4) is 0 Å². The highest BCUT2D eigenvalue weighted by Crippen LogP contribution is 2.42. The number of hydrogen-bond acceptors (Lipinski definition) is 10. The molecule has 2 aromatic heterocycles. The summed E-state index contributed by atoms with van der Waals surface area (Å²) in [5, 5.41) is 19.0. The molecule has 42 heavy (non-hydrogen) atoms. The van der Waals surface area contributed by atoms with Crippen molar-refractivity contribution in [2.45, 2.75) is 37.0 Å². The number of carbonyl (C=O) groups excluding carboxylic acids is 1. The zero-order valence-corrected chi connectivity index (χ0v) is 24.6. The third-order valence-corrected chi connectivity index (χ3v) is 10.3. The summed E-state index contributed by atoms with van der Waals surface area (Å²) in [6.45, 7) is 4.10. The fraction of sp³-hybridized carbons (Fsp3) is 0.500. The summed E-state index contributed by atoms with van der Waals surface area (Å²) in [5.74, 6) is 0.871. The van der Waals surface area contributed by atoms with Gasteiger partial charge in [-0.1, -0.05) is 0 Å². The summed E-state index contributed by atoms with van der Waals surface area (Å²) in [5.41, 5.74) is 2.23.